The number of benzene rings is 1. The van der Waals surface area contributed by atoms with E-state index < -0.39 is 17.7 Å². The van der Waals surface area contributed by atoms with Gasteiger partial charge in [-0.25, -0.2) is 18.7 Å². The maximum atomic E-state index is 13.5. The van der Waals surface area contributed by atoms with Crippen LogP contribution in [0.25, 0.3) is 0 Å². The molecule has 1 atom stereocenters. The van der Waals surface area contributed by atoms with E-state index in [9.17, 15) is 8.78 Å². The fourth-order valence-electron chi connectivity index (χ4n) is 1.63. The van der Waals surface area contributed by atoms with Gasteiger partial charge in [-0.3, -0.25) is 0 Å². The van der Waals surface area contributed by atoms with Crippen molar-refractivity contribution >= 4 is 0 Å². The number of aromatic nitrogens is 2. The molecular formula is C13H13F2N3. The Morgan fingerprint density at radius 1 is 1.22 bits per heavy atom. The van der Waals surface area contributed by atoms with Gasteiger partial charge in [0.1, 0.15) is 5.82 Å². The molecule has 0 aliphatic heterocycles. The summed E-state index contributed by atoms with van der Waals surface area (Å²) in [6, 6.07) is 3.48. The zero-order valence-corrected chi connectivity index (χ0v) is 9.90. The van der Waals surface area contributed by atoms with Gasteiger partial charge in [-0.05, 0) is 30.5 Å². The molecule has 1 heterocycles. The second-order valence-corrected chi connectivity index (χ2v) is 4.14. The van der Waals surface area contributed by atoms with Crippen molar-refractivity contribution in [1.29, 1.82) is 0 Å². The van der Waals surface area contributed by atoms with Crippen molar-refractivity contribution in [3.63, 3.8) is 0 Å². The summed E-state index contributed by atoms with van der Waals surface area (Å²) < 4.78 is 26.5. The molecule has 0 saturated heterocycles. The predicted molar refractivity (Wildman–Crippen MR) is 63.8 cm³/mol. The van der Waals surface area contributed by atoms with Crippen LogP contribution >= 0.6 is 0 Å². The molecule has 0 aliphatic carbocycles. The maximum absolute atomic E-state index is 13.5. The van der Waals surface area contributed by atoms with E-state index >= 15 is 0 Å². The Morgan fingerprint density at radius 2 is 1.89 bits per heavy atom. The van der Waals surface area contributed by atoms with Crippen LogP contribution in [0.3, 0.4) is 0 Å². The van der Waals surface area contributed by atoms with E-state index in [1.54, 1.807) is 12.4 Å². The third kappa shape index (κ3) is 2.68. The summed E-state index contributed by atoms with van der Waals surface area (Å²) in [6.07, 6.45) is 3.45. The molecule has 0 saturated carbocycles. The van der Waals surface area contributed by atoms with Crippen molar-refractivity contribution in [3.05, 3.63) is 59.2 Å². The molecule has 3 nitrogen and oxygen atoms in total. The molecule has 2 aromatic rings. The molecule has 94 valence electrons. The van der Waals surface area contributed by atoms with Crippen LogP contribution in [0.15, 0.2) is 30.6 Å². The summed E-state index contributed by atoms with van der Waals surface area (Å²) in [7, 11) is 0. The van der Waals surface area contributed by atoms with Crippen LogP contribution in [0.4, 0.5) is 8.78 Å². The van der Waals surface area contributed by atoms with Crippen LogP contribution in [0.5, 0.6) is 0 Å². The van der Waals surface area contributed by atoms with Crippen LogP contribution in [-0.2, 0) is 6.42 Å². The lowest BCUT2D eigenvalue weighted by atomic mass is 10.1. The monoisotopic (exact) mass is 249 g/mol. The lowest BCUT2D eigenvalue weighted by Crippen LogP contribution is -2.17. The van der Waals surface area contributed by atoms with E-state index in [-0.39, 0.29) is 12.0 Å². The fourth-order valence-corrected chi connectivity index (χ4v) is 1.63. The van der Waals surface area contributed by atoms with Gasteiger partial charge < -0.3 is 5.73 Å². The maximum Gasteiger partial charge on any atom is 0.162 e. The first-order valence-corrected chi connectivity index (χ1v) is 5.55. The number of halogens is 2. The van der Waals surface area contributed by atoms with E-state index in [2.05, 4.69) is 9.97 Å². The summed E-state index contributed by atoms with van der Waals surface area (Å²) in [5.74, 6) is -1.31. The lowest BCUT2D eigenvalue weighted by molar-refractivity contribution is 0.492. The topological polar surface area (TPSA) is 51.8 Å². The Labute approximate surface area is 104 Å². The molecular weight excluding hydrogens is 236 g/mol. The highest BCUT2D eigenvalue weighted by Gasteiger charge is 2.14. The molecule has 1 aromatic heterocycles. The second-order valence-electron chi connectivity index (χ2n) is 4.14. The first kappa shape index (κ1) is 12.6. The van der Waals surface area contributed by atoms with E-state index in [1.165, 1.54) is 12.1 Å². The van der Waals surface area contributed by atoms with Crippen LogP contribution in [0.1, 0.15) is 23.0 Å². The molecule has 1 aromatic carbocycles. The zero-order chi connectivity index (χ0) is 13.1. The number of nitrogens with zero attached hydrogens (tertiary/aromatic N) is 2. The highest BCUT2D eigenvalue weighted by Crippen LogP contribution is 2.17. The molecule has 18 heavy (non-hydrogen) atoms. The lowest BCUT2D eigenvalue weighted by Gasteiger charge is -2.11. The van der Waals surface area contributed by atoms with Gasteiger partial charge in [0.25, 0.3) is 0 Å². The van der Waals surface area contributed by atoms with Crippen molar-refractivity contribution < 1.29 is 8.78 Å². The highest BCUT2D eigenvalue weighted by molar-refractivity contribution is 5.21. The number of rotatable bonds is 3. The Bertz CT molecular complexity index is 540. The third-order valence-corrected chi connectivity index (χ3v) is 2.60. The summed E-state index contributed by atoms with van der Waals surface area (Å²) in [4.78, 5) is 8.15. The standard InChI is InChI=1S/C13H13F2N3/c1-8-6-17-13(18-7-8)11(16)5-9-3-2-4-10(14)12(9)15/h2-4,6-7,11H,5,16H2,1H3. The Morgan fingerprint density at radius 3 is 2.56 bits per heavy atom. The number of hydrogen-bond acceptors (Lipinski definition) is 3. The molecule has 0 amide bonds. The number of nitrogens with two attached hydrogens (primary N) is 1. The van der Waals surface area contributed by atoms with Gasteiger partial charge in [-0.15, -0.1) is 0 Å². The zero-order valence-electron chi connectivity index (χ0n) is 9.90. The van der Waals surface area contributed by atoms with Gasteiger partial charge in [-0.2, -0.15) is 0 Å². The minimum Gasteiger partial charge on any atom is -0.321 e. The van der Waals surface area contributed by atoms with Crippen molar-refractivity contribution in [1.82, 2.24) is 9.97 Å². The van der Waals surface area contributed by atoms with Gasteiger partial charge in [0.15, 0.2) is 11.6 Å². The molecule has 5 heteroatoms. The van der Waals surface area contributed by atoms with Crippen molar-refractivity contribution in [2.24, 2.45) is 5.73 Å². The summed E-state index contributed by atoms with van der Waals surface area (Å²) in [5.41, 5.74) is 7.03. The van der Waals surface area contributed by atoms with Crippen LogP contribution < -0.4 is 5.73 Å². The normalized spacial score (nSPS) is 12.4. The largest absolute Gasteiger partial charge is 0.321 e. The fraction of sp³-hybridized carbons (Fsp3) is 0.231. The van der Waals surface area contributed by atoms with Gasteiger partial charge in [-0.1, -0.05) is 12.1 Å². The average Bonchev–Trinajstić information content (AvgIpc) is 2.36. The molecule has 1 unspecified atom stereocenters. The number of hydrogen-bond donors (Lipinski definition) is 1. The SMILES string of the molecule is Cc1cnc(C(N)Cc2cccc(F)c2F)nc1. The quantitative estimate of drug-likeness (QED) is 0.908. The summed E-state index contributed by atoms with van der Waals surface area (Å²) in [5, 5.41) is 0. The minimum absolute atomic E-state index is 0.159. The minimum atomic E-state index is -0.871. The first-order chi connectivity index (χ1) is 8.58. The van der Waals surface area contributed by atoms with Crippen LogP contribution in [0, 0.1) is 18.6 Å². The average molecular weight is 249 g/mol. The van der Waals surface area contributed by atoms with Crippen molar-refractivity contribution in [2.45, 2.75) is 19.4 Å². The molecule has 0 radical (unpaired) electrons. The summed E-state index contributed by atoms with van der Waals surface area (Å²) >= 11 is 0. The Hall–Kier alpha value is -1.88. The van der Waals surface area contributed by atoms with E-state index in [1.807, 2.05) is 6.92 Å². The van der Waals surface area contributed by atoms with Crippen molar-refractivity contribution in [3.8, 4) is 0 Å². The highest BCUT2D eigenvalue weighted by atomic mass is 19.2. The summed E-state index contributed by atoms with van der Waals surface area (Å²) in [6.45, 7) is 1.86. The first-order valence-electron chi connectivity index (χ1n) is 5.55. The van der Waals surface area contributed by atoms with Crippen molar-refractivity contribution in [2.75, 3.05) is 0 Å². The molecule has 2 N–H and O–H groups in total. The van der Waals surface area contributed by atoms with Crippen LogP contribution in [-0.4, -0.2) is 9.97 Å². The molecule has 0 bridgehead atoms. The second kappa shape index (κ2) is 5.18. The van der Waals surface area contributed by atoms with Gasteiger partial charge in [0.2, 0.25) is 0 Å². The molecule has 0 fully saturated rings. The van der Waals surface area contributed by atoms with E-state index in [0.29, 0.717) is 5.82 Å². The Balaban J connectivity index is 2.18. The predicted octanol–water partition coefficient (Wildman–Crippen LogP) is 2.31. The number of aryl methyl sites for hydroxylation is 1. The third-order valence-electron chi connectivity index (χ3n) is 2.60. The molecule has 0 aliphatic rings. The molecule has 0 spiro atoms. The van der Waals surface area contributed by atoms with Crippen LogP contribution in [0.2, 0.25) is 0 Å². The Kier molecular flexibility index (Phi) is 3.62. The van der Waals surface area contributed by atoms with Gasteiger partial charge in [0.05, 0.1) is 6.04 Å². The van der Waals surface area contributed by atoms with Gasteiger partial charge in [0, 0.05) is 12.4 Å². The van der Waals surface area contributed by atoms with Gasteiger partial charge >= 0.3 is 0 Å². The smallest absolute Gasteiger partial charge is 0.162 e. The van der Waals surface area contributed by atoms with E-state index in [0.717, 1.165) is 11.6 Å². The van der Waals surface area contributed by atoms with E-state index in [4.69, 9.17) is 5.73 Å². The molecule has 2 rings (SSSR count).